The van der Waals surface area contributed by atoms with Crippen molar-refractivity contribution in [1.82, 2.24) is 4.90 Å². The van der Waals surface area contributed by atoms with E-state index in [4.69, 9.17) is 29.9 Å². The van der Waals surface area contributed by atoms with Crippen molar-refractivity contribution in [3.63, 3.8) is 0 Å². The molecule has 0 aromatic heterocycles. The molecule has 0 bridgehead atoms. The monoisotopic (exact) mass is 549 g/mol. The Hall–Kier alpha value is -3.82. The molecule has 1 fully saturated rings. The smallest absolute Gasteiger partial charge is 0.333 e. The Morgan fingerprint density at radius 3 is 1.61 bits per heavy atom. The number of epoxide rings is 1. The van der Waals surface area contributed by atoms with Gasteiger partial charge in [-0.05, 0) is 20.3 Å². The van der Waals surface area contributed by atoms with Gasteiger partial charge in [-0.15, -0.1) is 0 Å². The molecule has 38 heavy (non-hydrogen) atoms. The molecule has 1 saturated heterocycles. The molecule has 15 nitrogen and oxygen atoms in total. The van der Waals surface area contributed by atoms with Crippen LogP contribution in [0.1, 0.15) is 33.1 Å². The zero-order valence-electron chi connectivity index (χ0n) is 21.3. The molecule has 0 amide bonds. The van der Waals surface area contributed by atoms with Gasteiger partial charge < -0.3 is 39.7 Å². The zero-order chi connectivity index (χ0) is 29.8. The van der Waals surface area contributed by atoms with Gasteiger partial charge in [0.2, 0.25) is 0 Å². The van der Waals surface area contributed by atoms with E-state index < -0.39 is 49.0 Å². The summed E-state index contributed by atoms with van der Waals surface area (Å²) in [5, 5.41) is 42.8. The topological polar surface area (TPSA) is 238 Å². The van der Waals surface area contributed by atoms with Gasteiger partial charge in [-0.3, -0.25) is 24.1 Å². The van der Waals surface area contributed by atoms with Crippen LogP contribution in [0.4, 0.5) is 0 Å². The van der Waals surface area contributed by atoms with Crippen LogP contribution in [0.3, 0.4) is 0 Å². The first-order valence-corrected chi connectivity index (χ1v) is 11.1. The molecular weight excluding hydrogens is 514 g/mol. The summed E-state index contributed by atoms with van der Waals surface area (Å²) in [6, 6.07) is 0. The molecule has 1 heterocycles. The number of ether oxygens (including phenoxy) is 3. The average Bonchev–Trinajstić information content (AvgIpc) is 3.59. The van der Waals surface area contributed by atoms with Gasteiger partial charge in [0.15, 0.2) is 0 Å². The van der Waals surface area contributed by atoms with Gasteiger partial charge in [0.25, 0.3) is 0 Å². The first kappa shape index (κ1) is 36.3. The van der Waals surface area contributed by atoms with E-state index in [1.54, 1.807) is 6.92 Å². The number of aliphatic carboxylic acids is 4. The SMILES string of the molecule is C=C(C)C(=O)OCC(O)CN(CC(=O)O)CC(=O)O.C=C(C)C(=O)OCC1CO1.O=C(O)CCCC(=O)O. The maximum absolute atomic E-state index is 11.1. The van der Waals surface area contributed by atoms with Crippen molar-refractivity contribution < 1.29 is 68.5 Å². The number of hydrogen-bond acceptors (Lipinski definition) is 11. The third-order valence-corrected chi connectivity index (χ3v) is 3.87. The molecule has 216 valence electrons. The van der Waals surface area contributed by atoms with Gasteiger partial charge in [0, 0.05) is 30.5 Å². The fourth-order valence-electron chi connectivity index (χ4n) is 2.06. The molecule has 0 radical (unpaired) electrons. The molecule has 0 aromatic rings. The minimum Gasteiger partial charge on any atom is -0.481 e. The molecule has 1 aliphatic heterocycles. The quantitative estimate of drug-likeness (QED) is 0.0949. The van der Waals surface area contributed by atoms with Crippen LogP contribution in [0.2, 0.25) is 0 Å². The Bertz CT molecular complexity index is 819. The number of rotatable bonds is 16. The number of nitrogens with zero attached hydrogens (tertiary/aromatic N) is 1. The highest BCUT2D eigenvalue weighted by atomic mass is 16.6. The molecule has 0 saturated carbocycles. The van der Waals surface area contributed by atoms with Crippen molar-refractivity contribution in [2.75, 3.05) is 39.5 Å². The fraction of sp³-hybridized carbons (Fsp3) is 0.565. The highest BCUT2D eigenvalue weighted by Gasteiger charge is 2.24. The summed E-state index contributed by atoms with van der Waals surface area (Å²) in [6.07, 6.45) is -0.950. The maximum Gasteiger partial charge on any atom is 0.333 e. The second kappa shape index (κ2) is 20.3. The fourth-order valence-corrected chi connectivity index (χ4v) is 2.06. The Morgan fingerprint density at radius 2 is 1.26 bits per heavy atom. The van der Waals surface area contributed by atoms with Crippen molar-refractivity contribution in [3.05, 3.63) is 24.3 Å². The summed E-state index contributed by atoms with van der Waals surface area (Å²) >= 11 is 0. The number of carboxylic acids is 4. The maximum atomic E-state index is 11.1. The number of aliphatic hydroxyl groups excluding tert-OH is 1. The highest BCUT2D eigenvalue weighted by molar-refractivity contribution is 5.87. The van der Waals surface area contributed by atoms with Crippen LogP contribution in [-0.2, 0) is 43.0 Å². The summed E-state index contributed by atoms with van der Waals surface area (Å²) in [5.74, 6) is -5.34. The molecule has 0 aromatic carbocycles. The van der Waals surface area contributed by atoms with Crippen molar-refractivity contribution in [3.8, 4) is 0 Å². The lowest BCUT2D eigenvalue weighted by Gasteiger charge is -2.21. The van der Waals surface area contributed by atoms with Crippen LogP contribution in [-0.4, -0.2) is 118 Å². The lowest BCUT2D eigenvalue weighted by Crippen LogP contribution is -2.41. The van der Waals surface area contributed by atoms with Crippen molar-refractivity contribution in [2.24, 2.45) is 0 Å². The molecular formula is C23H35NO14. The number of aliphatic hydroxyl groups is 1. The summed E-state index contributed by atoms with van der Waals surface area (Å²) in [4.78, 5) is 63.4. The molecule has 15 heteroatoms. The molecule has 2 unspecified atom stereocenters. The van der Waals surface area contributed by atoms with E-state index in [2.05, 4.69) is 17.9 Å². The second-order valence-corrected chi connectivity index (χ2v) is 7.96. The van der Waals surface area contributed by atoms with Crippen LogP contribution in [0, 0.1) is 0 Å². The van der Waals surface area contributed by atoms with Crippen LogP contribution < -0.4 is 0 Å². The number of carboxylic acid groups (broad SMARTS) is 4. The van der Waals surface area contributed by atoms with Crippen LogP contribution in [0.5, 0.6) is 0 Å². The summed E-state index contributed by atoms with van der Waals surface area (Å²) in [7, 11) is 0. The van der Waals surface area contributed by atoms with Crippen LogP contribution >= 0.6 is 0 Å². The number of hydrogen-bond donors (Lipinski definition) is 5. The summed E-state index contributed by atoms with van der Waals surface area (Å²) in [6.45, 7) is 9.28. The molecule has 0 aliphatic carbocycles. The first-order valence-electron chi connectivity index (χ1n) is 11.1. The van der Waals surface area contributed by atoms with Crippen molar-refractivity contribution in [2.45, 2.75) is 45.3 Å². The van der Waals surface area contributed by atoms with Gasteiger partial charge in [0.1, 0.15) is 25.4 Å². The third kappa shape index (κ3) is 25.3. The zero-order valence-corrected chi connectivity index (χ0v) is 21.3. The van der Waals surface area contributed by atoms with Gasteiger partial charge in [-0.2, -0.15) is 0 Å². The standard InChI is InChI=1S/C11H17NO7.C7H10O3.C5H8O4/c1-7(2)11(18)19-6-8(13)3-12(4-9(14)15)5-10(16)17;1-5(2)7(8)10-4-6-3-9-6;6-4(7)2-1-3-5(8)9/h8,13H,1,3-6H2,2H3,(H,14,15)(H,16,17);6H,1,3-4H2,2H3;1-3H2,(H,6,7)(H,8,9). The van der Waals surface area contributed by atoms with E-state index in [0.29, 0.717) is 18.8 Å². The molecule has 0 spiro atoms. The van der Waals surface area contributed by atoms with E-state index in [-0.39, 0.29) is 50.1 Å². The lowest BCUT2D eigenvalue weighted by atomic mass is 10.2. The van der Waals surface area contributed by atoms with E-state index in [9.17, 15) is 33.9 Å². The Kier molecular flexibility index (Phi) is 19.4. The Balaban J connectivity index is 0. The Morgan fingerprint density at radius 1 is 0.842 bits per heavy atom. The predicted octanol–water partition coefficient (Wildman–Crippen LogP) is -0.232. The van der Waals surface area contributed by atoms with Gasteiger partial charge in [0.05, 0.1) is 19.7 Å². The third-order valence-electron chi connectivity index (χ3n) is 3.87. The molecule has 1 aliphatic rings. The van der Waals surface area contributed by atoms with E-state index in [1.165, 1.54) is 6.92 Å². The number of carbonyl (C=O) groups is 6. The molecule has 2 atom stereocenters. The molecule has 1 rings (SSSR count). The van der Waals surface area contributed by atoms with E-state index >= 15 is 0 Å². The summed E-state index contributed by atoms with van der Waals surface area (Å²) in [5.41, 5.74) is 0.598. The minimum absolute atomic E-state index is 0.0632. The predicted molar refractivity (Wildman–Crippen MR) is 128 cm³/mol. The van der Waals surface area contributed by atoms with Crippen LogP contribution in [0.15, 0.2) is 24.3 Å². The normalized spacial score (nSPS) is 13.8. The minimum atomic E-state index is -1.22. The Labute approximate surface area is 218 Å². The van der Waals surface area contributed by atoms with Crippen molar-refractivity contribution in [1.29, 1.82) is 0 Å². The molecule has 5 N–H and O–H groups in total. The lowest BCUT2D eigenvalue weighted by molar-refractivity contribution is -0.146. The first-order chi connectivity index (χ1) is 17.5. The van der Waals surface area contributed by atoms with Gasteiger partial charge in [-0.25, -0.2) is 9.59 Å². The number of esters is 2. The second-order valence-electron chi connectivity index (χ2n) is 7.96. The van der Waals surface area contributed by atoms with Gasteiger partial charge >= 0.3 is 35.8 Å². The van der Waals surface area contributed by atoms with Crippen molar-refractivity contribution >= 4 is 35.8 Å². The van der Waals surface area contributed by atoms with Crippen LogP contribution in [0.25, 0.3) is 0 Å². The highest BCUT2D eigenvalue weighted by Crippen LogP contribution is 2.09. The number of carbonyl (C=O) groups excluding carboxylic acids is 2. The largest absolute Gasteiger partial charge is 0.481 e. The van der Waals surface area contributed by atoms with E-state index in [1.807, 2.05) is 0 Å². The summed E-state index contributed by atoms with van der Waals surface area (Å²) < 4.78 is 14.3. The average molecular weight is 550 g/mol. The van der Waals surface area contributed by atoms with Gasteiger partial charge in [-0.1, -0.05) is 13.2 Å². The van der Waals surface area contributed by atoms with E-state index in [0.717, 1.165) is 4.90 Å².